The van der Waals surface area contributed by atoms with Crippen LogP contribution in [0.2, 0.25) is 0 Å². The number of hydrogen-bond acceptors (Lipinski definition) is 3. The van der Waals surface area contributed by atoms with Crippen LogP contribution in [0.4, 0.5) is 10.5 Å². The first-order valence-corrected chi connectivity index (χ1v) is 8.25. The predicted octanol–water partition coefficient (Wildman–Crippen LogP) is 1.88. The van der Waals surface area contributed by atoms with Gasteiger partial charge in [-0.2, -0.15) is 0 Å². The topological polar surface area (TPSA) is 69.9 Å². The molecule has 0 aromatic heterocycles. The number of benzene rings is 1. The van der Waals surface area contributed by atoms with Crippen LogP contribution in [0.25, 0.3) is 0 Å². The number of nitrogen functional groups attached to an aromatic ring is 1. The smallest absolute Gasteiger partial charge is 0.320 e. The monoisotopic (exact) mass is 318 g/mol. The number of carbonyl (C=O) groups is 2. The first-order chi connectivity index (χ1) is 11.1. The highest BCUT2D eigenvalue weighted by Crippen LogP contribution is 2.13. The molecule has 0 saturated carbocycles. The number of nitrogens with two attached hydrogens (primary N) is 1. The molecule has 1 aliphatic heterocycles. The van der Waals surface area contributed by atoms with E-state index < -0.39 is 0 Å². The van der Waals surface area contributed by atoms with Crippen molar-refractivity contribution in [3.8, 4) is 0 Å². The normalized spacial score (nSPS) is 15.2. The van der Waals surface area contributed by atoms with E-state index in [9.17, 15) is 9.59 Å². The van der Waals surface area contributed by atoms with Crippen LogP contribution < -0.4 is 5.73 Å². The van der Waals surface area contributed by atoms with Crippen LogP contribution in [-0.4, -0.2) is 65.9 Å². The Labute approximate surface area is 137 Å². The highest BCUT2D eigenvalue weighted by atomic mass is 16.2. The summed E-state index contributed by atoms with van der Waals surface area (Å²) in [7, 11) is 0. The van der Waals surface area contributed by atoms with E-state index in [1.165, 1.54) is 0 Å². The minimum atomic E-state index is -0.0190. The average molecular weight is 318 g/mol. The minimum Gasteiger partial charge on any atom is -0.399 e. The van der Waals surface area contributed by atoms with Gasteiger partial charge in [0.15, 0.2) is 0 Å². The zero-order valence-corrected chi connectivity index (χ0v) is 14.0. The molecule has 0 bridgehead atoms. The highest BCUT2D eigenvalue weighted by Gasteiger charge is 2.24. The molecule has 0 atom stereocenters. The number of amides is 3. The van der Waals surface area contributed by atoms with Crippen LogP contribution in [0.5, 0.6) is 0 Å². The van der Waals surface area contributed by atoms with Gasteiger partial charge in [0.1, 0.15) is 0 Å². The lowest BCUT2D eigenvalue weighted by Crippen LogP contribution is -2.45. The van der Waals surface area contributed by atoms with Crippen molar-refractivity contribution in [2.24, 2.45) is 0 Å². The Morgan fingerprint density at radius 2 is 1.74 bits per heavy atom. The van der Waals surface area contributed by atoms with E-state index in [2.05, 4.69) is 0 Å². The van der Waals surface area contributed by atoms with Gasteiger partial charge in [-0.15, -0.1) is 0 Å². The Hall–Kier alpha value is -2.24. The van der Waals surface area contributed by atoms with E-state index in [0.717, 1.165) is 6.42 Å². The minimum absolute atomic E-state index is 0.0190. The summed E-state index contributed by atoms with van der Waals surface area (Å²) in [5.41, 5.74) is 6.95. The lowest BCUT2D eigenvalue weighted by atomic mass is 10.1. The molecule has 1 fully saturated rings. The lowest BCUT2D eigenvalue weighted by Gasteiger charge is -2.28. The second-order valence-electron chi connectivity index (χ2n) is 5.71. The second-order valence-corrected chi connectivity index (χ2v) is 5.71. The summed E-state index contributed by atoms with van der Waals surface area (Å²) in [6.07, 6.45) is 0.793. The van der Waals surface area contributed by atoms with E-state index in [1.807, 2.05) is 28.5 Å². The van der Waals surface area contributed by atoms with Gasteiger partial charge in [-0.05, 0) is 38.5 Å². The van der Waals surface area contributed by atoms with Gasteiger partial charge in [-0.25, -0.2) is 4.79 Å². The summed E-state index contributed by atoms with van der Waals surface area (Å²) in [6, 6.07) is 7.10. The molecule has 0 aliphatic carbocycles. The molecule has 0 radical (unpaired) electrons. The van der Waals surface area contributed by atoms with Crippen molar-refractivity contribution in [3.05, 3.63) is 29.8 Å². The van der Waals surface area contributed by atoms with Crippen LogP contribution in [0.3, 0.4) is 0 Å². The molecule has 3 amide bonds. The fourth-order valence-corrected chi connectivity index (χ4v) is 2.86. The van der Waals surface area contributed by atoms with Crippen molar-refractivity contribution >= 4 is 17.6 Å². The average Bonchev–Trinajstić information content (AvgIpc) is 2.81. The molecule has 1 aromatic rings. The molecule has 1 aromatic carbocycles. The van der Waals surface area contributed by atoms with Gasteiger partial charge in [0.2, 0.25) is 0 Å². The van der Waals surface area contributed by atoms with Crippen molar-refractivity contribution in [2.45, 2.75) is 20.3 Å². The SMILES string of the molecule is CCN(CC)C(=O)N1CCCN(C(=O)c2cccc(N)c2)CC1. The summed E-state index contributed by atoms with van der Waals surface area (Å²) in [4.78, 5) is 30.5. The van der Waals surface area contributed by atoms with Crippen molar-refractivity contribution in [3.63, 3.8) is 0 Å². The van der Waals surface area contributed by atoms with Crippen LogP contribution in [0.1, 0.15) is 30.6 Å². The predicted molar refractivity (Wildman–Crippen MR) is 91.3 cm³/mol. The largest absolute Gasteiger partial charge is 0.399 e. The van der Waals surface area contributed by atoms with E-state index >= 15 is 0 Å². The van der Waals surface area contributed by atoms with Crippen molar-refractivity contribution in [1.29, 1.82) is 0 Å². The molecule has 1 saturated heterocycles. The van der Waals surface area contributed by atoms with E-state index in [0.29, 0.717) is 50.5 Å². The Bertz CT molecular complexity index is 557. The molecule has 2 N–H and O–H groups in total. The quantitative estimate of drug-likeness (QED) is 0.865. The Balaban J connectivity index is 2.01. The first-order valence-electron chi connectivity index (χ1n) is 8.25. The van der Waals surface area contributed by atoms with Gasteiger partial charge in [0, 0.05) is 50.5 Å². The Morgan fingerprint density at radius 1 is 1.09 bits per heavy atom. The van der Waals surface area contributed by atoms with Crippen molar-refractivity contribution in [2.75, 3.05) is 45.0 Å². The number of anilines is 1. The van der Waals surface area contributed by atoms with Gasteiger partial charge in [-0.3, -0.25) is 4.79 Å². The molecule has 2 rings (SSSR count). The van der Waals surface area contributed by atoms with Crippen molar-refractivity contribution in [1.82, 2.24) is 14.7 Å². The maximum atomic E-state index is 12.6. The number of urea groups is 1. The standard InChI is InChI=1S/C17H26N4O2/c1-3-19(4-2)17(23)21-10-6-9-20(11-12-21)16(22)14-7-5-8-15(18)13-14/h5,7-8,13H,3-4,6,9-12,18H2,1-2H3. The molecule has 1 aliphatic rings. The maximum absolute atomic E-state index is 12.6. The third-order valence-corrected chi connectivity index (χ3v) is 4.22. The molecular weight excluding hydrogens is 292 g/mol. The van der Waals surface area contributed by atoms with Gasteiger partial charge in [0.05, 0.1) is 0 Å². The number of carbonyl (C=O) groups excluding carboxylic acids is 2. The van der Waals surface area contributed by atoms with Gasteiger partial charge in [-0.1, -0.05) is 6.07 Å². The Kier molecular flexibility index (Phi) is 5.84. The number of nitrogens with zero attached hydrogens (tertiary/aromatic N) is 3. The second kappa shape index (κ2) is 7.85. The third-order valence-electron chi connectivity index (χ3n) is 4.22. The van der Waals surface area contributed by atoms with Crippen molar-refractivity contribution < 1.29 is 9.59 Å². The number of rotatable bonds is 3. The molecule has 23 heavy (non-hydrogen) atoms. The van der Waals surface area contributed by atoms with Crippen LogP contribution in [-0.2, 0) is 0 Å². The summed E-state index contributed by atoms with van der Waals surface area (Å²) in [5.74, 6) is -0.0190. The molecule has 0 unspecified atom stereocenters. The Morgan fingerprint density at radius 3 is 2.39 bits per heavy atom. The molecule has 6 heteroatoms. The highest BCUT2D eigenvalue weighted by molar-refractivity contribution is 5.95. The zero-order chi connectivity index (χ0) is 16.8. The fraction of sp³-hybridized carbons (Fsp3) is 0.529. The first kappa shape index (κ1) is 17.1. The van der Waals surface area contributed by atoms with Crippen LogP contribution in [0.15, 0.2) is 24.3 Å². The van der Waals surface area contributed by atoms with Crippen LogP contribution in [0, 0.1) is 0 Å². The van der Waals surface area contributed by atoms with E-state index in [1.54, 1.807) is 24.3 Å². The number of hydrogen-bond donors (Lipinski definition) is 1. The lowest BCUT2D eigenvalue weighted by molar-refractivity contribution is 0.0760. The molecule has 126 valence electrons. The van der Waals surface area contributed by atoms with E-state index in [-0.39, 0.29) is 11.9 Å². The summed E-state index contributed by atoms with van der Waals surface area (Å²) in [5, 5.41) is 0. The fourth-order valence-electron chi connectivity index (χ4n) is 2.86. The summed E-state index contributed by atoms with van der Waals surface area (Å²) >= 11 is 0. The van der Waals surface area contributed by atoms with E-state index in [4.69, 9.17) is 5.73 Å². The van der Waals surface area contributed by atoms with Gasteiger partial charge >= 0.3 is 6.03 Å². The third kappa shape index (κ3) is 4.15. The van der Waals surface area contributed by atoms with Gasteiger partial charge < -0.3 is 20.4 Å². The molecule has 1 heterocycles. The molecular formula is C17H26N4O2. The molecule has 6 nitrogen and oxygen atoms in total. The maximum Gasteiger partial charge on any atom is 0.320 e. The van der Waals surface area contributed by atoms with Gasteiger partial charge in [0.25, 0.3) is 5.91 Å². The summed E-state index contributed by atoms with van der Waals surface area (Å²) < 4.78 is 0. The molecule has 0 spiro atoms. The van der Waals surface area contributed by atoms with Crippen LogP contribution >= 0.6 is 0 Å². The summed E-state index contributed by atoms with van der Waals surface area (Å²) in [6.45, 7) is 7.86. The zero-order valence-electron chi connectivity index (χ0n) is 14.0.